The Hall–Kier alpha value is -1.28. The van der Waals surface area contributed by atoms with Crippen molar-refractivity contribution < 1.29 is 9.47 Å². The molecular formula is C52H102N4O2. The number of unbranched alkanes of at least 4 members (excludes halogenated alkanes) is 18. The Balaban J connectivity index is 4.46. The monoisotopic (exact) mass is 815 g/mol. The van der Waals surface area contributed by atoms with E-state index in [1.165, 1.54) is 161 Å². The van der Waals surface area contributed by atoms with Crippen molar-refractivity contribution in [1.29, 1.82) is 0 Å². The summed E-state index contributed by atoms with van der Waals surface area (Å²) in [6, 6.07) is 0. The third-order valence-corrected chi connectivity index (χ3v) is 11.6. The van der Waals surface area contributed by atoms with E-state index in [9.17, 15) is 0 Å². The second-order valence-electron chi connectivity index (χ2n) is 17.1. The first kappa shape index (κ1) is 56.7. The number of hydrogen-bond acceptors (Lipinski definition) is 6. The van der Waals surface area contributed by atoms with Gasteiger partial charge in [0.15, 0.2) is 0 Å². The number of nitrogens with two attached hydrogens (primary N) is 3. The van der Waals surface area contributed by atoms with E-state index >= 15 is 0 Å². The van der Waals surface area contributed by atoms with Gasteiger partial charge in [0.05, 0.1) is 12.7 Å². The maximum absolute atomic E-state index is 6.43. The second-order valence-corrected chi connectivity index (χ2v) is 17.1. The first-order valence-electron chi connectivity index (χ1n) is 25.3. The second kappa shape index (κ2) is 50.1. The maximum atomic E-state index is 6.43. The summed E-state index contributed by atoms with van der Waals surface area (Å²) in [5.74, 6) is 1.47. The Labute approximate surface area is 362 Å². The van der Waals surface area contributed by atoms with Crippen molar-refractivity contribution in [2.45, 2.75) is 219 Å². The summed E-state index contributed by atoms with van der Waals surface area (Å²) >= 11 is 0. The maximum Gasteiger partial charge on any atom is 0.0932 e. The van der Waals surface area contributed by atoms with Crippen LogP contribution < -0.4 is 22.5 Å². The Kier molecular flexibility index (Phi) is 49.0. The topological polar surface area (TPSA) is 109 Å². The Morgan fingerprint density at radius 3 is 1.41 bits per heavy atom. The molecule has 0 rings (SSSR count). The molecule has 0 radical (unpaired) electrons. The van der Waals surface area contributed by atoms with Gasteiger partial charge < -0.3 is 32.0 Å². The van der Waals surface area contributed by atoms with Crippen LogP contribution in [0.5, 0.6) is 0 Å². The van der Waals surface area contributed by atoms with E-state index in [4.69, 9.17) is 26.7 Å². The first-order chi connectivity index (χ1) is 28.7. The van der Waals surface area contributed by atoms with Crippen LogP contribution in [0.15, 0.2) is 48.6 Å². The predicted octanol–water partition coefficient (Wildman–Crippen LogP) is 13.4. The van der Waals surface area contributed by atoms with Crippen LogP contribution in [0, 0.1) is 11.8 Å². The molecule has 0 saturated carbocycles. The molecule has 0 amide bonds. The van der Waals surface area contributed by atoms with Gasteiger partial charge in [-0.05, 0) is 154 Å². The minimum Gasteiger partial charge on any atom is -0.379 e. The van der Waals surface area contributed by atoms with E-state index in [2.05, 4.69) is 67.8 Å². The van der Waals surface area contributed by atoms with Crippen LogP contribution in [0.25, 0.3) is 0 Å². The molecule has 7 N–H and O–H groups in total. The molecule has 6 nitrogen and oxygen atoms in total. The minimum absolute atomic E-state index is 0.124. The van der Waals surface area contributed by atoms with Gasteiger partial charge in [0.1, 0.15) is 0 Å². The predicted molar refractivity (Wildman–Crippen MR) is 259 cm³/mol. The van der Waals surface area contributed by atoms with Crippen LogP contribution in [0.2, 0.25) is 0 Å². The van der Waals surface area contributed by atoms with Gasteiger partial charge in [-0.1, -0.05) is 146 Å². The van der Waals surface area contributed by atoms with Crippen molar-refractivity contribution in [1.82, 2.24) is 5.32 Å². The summed E-state index contributed by atoms with van der Waals surface area (Å²) in [7, 11) is 0. The van der Waals surface area contributed by atoms with Crippen molar-refractivity contribution in [2.75, 3.05) is 52.5 Å². The zero-order chi connectivity index (χ0) is 42.1. The molecule has 0 saturated heterocycles. The SMILES string of the molecule is CCCCCC=CC=CCCCCCCCOC(CNCCCCC(CCCN)C(CCCN)CCCN)COCCCCCCCCC=CCC=CCCCCC. The zero-order valence-electron chi connectivity index (χ0n) is 39.0. The Morgan fingerprint density at radius 1 is 0.448 bits per heavy atom. The molecule has 2 atom stereocenters. The molecule has 0 aliphatic carbocycles. The highest BCUT2D eigenvalue weighted by molar-refractivity contribution is 5.02. The number of nitrogens with one attached hydrogen (secondary N) is 1. The fraction of sp³-hybridized carbons (Fsp3) is 0.846. The molecule has 0 aliphatic rings. The van der Waals surface area contributed by atoms with Gasteiger partial charge in [-0.2, -0.15) is 0 Å². The number of allylic oxidation sites excluding steroid dienone is 8. The molecule has 0 spiro atoms. The van der Waals surface area contributed by atoms with Gasteiger partial charge in [0.25, 0.3) is 0 Å². The third-order valence-electron chi connectivity index (χ3n) is 11.6. The van der Waals surface area contributed by atoms with Crippen LogP contribution >= 0.6 is 0 Å². The van der Waals surface area contributed by atoms with Crippen LogP contribution in [0.3, 0.4) is 0 Å². The Morgan fingerprint density at radius 2 is 0.897 bits per heavy atom. The summed E-state index contributed by atoms with van der Waals surface area (Å²) < 4.78 is 12.6. The van der Waals surface area contributed by atoms with Crippen LogP contribution in [0.1, 0.15) is 213 Å². The number of ether oxygens (including phenoxy) is 2. The highest BCUT2D eigenvalue weighted by atomic mass is 16.5. The molecule has 0 aromatic heterocycles. The van der Waals surface area contributed by atoms with Gasteiger partial charge in [0.2, 0.25) is 0 Å². The summed E-state index contributed by atoms with van der Waals surface area (Å²) in [5.41, 5.74) is 17.7. The Bertz CT molecular complexity index is 883. The van der Waals surface area contributed by atoms with Crippen molar-refractivity contribution in [3.8, 4) is 0 Å². The molecule has 2 unspecified atom stereocenters. The van der Waals surface area contributed by atoms with Crippen molar-refractivity contribution in [3.05, 3.63) is 48.6 Å². The number of hydrogen-bond donors (Lipinski definition) is 4. The number of rotatable bonds is 48. The lowest BCUT2D eigenvalue weighted by Gasteiger charge is -2.27. The molecule has 0 aromatic rings. The van der Waals surface area contributed by atoms with Crippen LogP contribution in [-0.2, 0) is 9.47 Å². The molecule has 58 heavy (non-hydrogen) atoms. The molecule has 0 fully saturated rings. The van der Waals surface area contributed by atoms with Crippen molar-refractivity contribution in [2.24, 2.45) is 29.0 Å². The standard InChI is InChI=1S/C52H102N4O2/c1-3-5-7-9-11-13-15-17-19-20-21-23-25-27-29-33-46-57-49-52(58-47-34-30-28-26-24-22-18-16-14-12-10-8-6-4-2)48-56-45-32-31-38-50(39-35-42-53)51(40-36-43-54)41-37-44-55/h11-14,16-19,50-52,56H,3-10,15,20-49,53-55H2,1-2H3. The van der Waals surface area contributed by atoms with Crippen LogP contribution in [0.4, 0.5) is 0 Å². The van der Waals surface area contributed by atoms with E-state index in [0.717, 1.165) is 96.3 Å². The molecular weight excluding hydrogens is 713 g/mol. The quantitative estimate of drug-likeness (QED) is 0.0277. The van der Waals surface area contributed by atoms with Gasteiger partial charge in [0, 0.05) is 19.8 Å². The average molecular weight is 815 g/mol. The lowest BCUT2D eigenvalue weighted by molar-refractivity contribution is -0.0175. The molecule has 342 valence electrons. The summed E-state index contributed by atoms with van der Waals surface area (Å²) in [4.78, 5) is 0. The summed E-state index contributed by atoms with van der Waals surface area (Å²) in [6.45, 7) is 11.2. The van der Waals surface area contributed by atoms with E-state index in [1.807, 2.05) is 0 Å². The van der Waals surface area contributed by atoms with E-state index < -0.39 is 0 Å². The van der Waals surface area contributed by atoms with Crippen LogP contribution in [-0.4, -0.2) is 58.6 Å². The minimum atomic E-state index is 0.124. The molecule has 0 heterocycles. The fourth-order valence-electron chi connectivity index (χ4n) is 7.87. The van der Waals surface area contributed by atoms with Gasteiger partial charge in [-0.3, -0.25) is 0 Å². The smallest absolute Gasteiger partial charge is 0.0932 e. The average Bonchev–Trinajstić information content (AvgIpc) is 3.23. The first-order valence-corrected chi connectivity index (χ1v) is 25.3. The fourth-order valence-corrected chi connectivity index (χ4v) is 7.87. The largest absolute Gasteiger partial charge is 0.379 e. The van der Waals surface area contributed by atoms with E-state index in [0.29, 0.717) is 6.61 Å². The molecule has 0 aliphatic heterocycles. The summed E-state index contributed by atoms with van der Waals surface area (Å²) in [5, 5.41) is 3.73. The summed E-state index contributed by atoms with van der Waals surface area (Å²) in [6.07, 6.45) is 57.3. The normalized spacial score (nSPS) is 13.5. The van der Waals surface area contributed by atoms with Gasteiger partial charge >= 0.3 is 0 Å². The lowest BCUT2D eigenvalue weighted by Crippen LogP contribution is -2.34. The zero-order valence-corrected chi connectivity index (χ0v) is 39.0. The molecule has 0 aromatic carbocycles. The van der Waals surface area contributed by atoms with Crippen molar-refractivity contribution in [3.63, 3.8) is 0 Å². The van der Waals surface area contributed by atoms with Gasteiger partial charge in [-0.25, -0.2) is 0 Å². The molecule has 0 bridgehead atoms. The highest BCUT2D eigenvalue weighted by Crippen LogP contribution is 2.31. The highest BCUT2D eigenvalue weighted by Gasteiger charge is 2.20. The van der Waals surface area contributed by atoms with E-state index in [-0.39, 0.29) is 6.10 Å². The van der Waals surface area contributed by atoms with Crippen molar-refractivity contribution >= 4 is 0 Å². The third kappa shape index (κ3) is 42.8. The lowest BCUT2D eigenvalue weighted by atomic mass is 9.79. The van der Waals surface area contributed by atoms with E-state index in [1.54, 1.807) is 0 Å². The molecule has 6 heteroatoms. The van der Waals surface area contributed by atoms with Gasteiger partial charge in [-0.15, -0.1) is 0 Å².